The number of benzene rings is 2. The van der Waals surface area contributed by atoms with Gasteiger partial charge in [-0.25, -0.2) is 4.98 Å². The number of likely N-dealkylation sites (N-methyl/N-ethyl adjacent to an activating group) is 1. The van der Waals surface area contributed by atoms with Gasteiger partial charge in [0.15, 0.2) is 0 Å². The van der Waals surface area contributed by atoms with Crippen LogP contribution < -0.4 is 10.1 Å². The Morgan fingerprint density at radius 1 is 1.12 bits per heavy atom. The Morgan fingerprint density at radius 3 is 2.58 bits per heavy atom. The second kappa shape index (κ2) is 11.6. The van der Waals surface area contributed by atoms with Crippen molar-refractivity contribution in [1.29, 1.82) is 0 Å². The molecule has 2 aromatic carbocycles. The minimum absolute atomic E-state index is 0.0200. The first-order valence-electron chi connectivity index (χ1n) is 11.1. The number of nitrogens with one attached hydrogen (secondary N) is 1. The lowest BCUT2D eigenvalue weighted by Crippen LogP contribution is -2.48. The number of ether oxygens (including phenoxy) is 1. The number of carbonyl (C=O) groups excluding carboxylic acids is 1. The number of rotatable bonds is 9. The van der Waals surface area contributed by atoms with Crippen molar-refractivity contribution in [3.63, 3.8) is 0 Å². The van der Waals surface area contributed by atoms with E-state index >= 15 is 0 Å². The normalized spacial score (nSPS) is 15.8. The van der Waals surface area contributed by atoms with Gasteiger partial charge in [-0.3, -0.25) is 9.69 Å². The maximum atomic E-state index is 12.9. The topological polar surface area (TPSA) is 57.7 Å². The molecule has 1 fully saturated rings. The molecule has 4 rings (SSSR count). The van der Waals surface area contributed by atoms with Crippen LogP contribution in [-0.4, -0.2) is 60.5 Å². The molecule has 0 bridgehead atoms. The van der Waals surface area contributed by atoms with Crippen LogP contribution in [0.5, 0.6) is 5.75 Å². The van der Waals surface area contributed by atoms with E-state index in [1.165, 1.54) is 11.3 Å². The maximum absolute atomic E-state index is 12.9. The van der Waals surface area contributed by atoms with Crippen LogP contribution in [0.4, 0.5) is 0 Å². The number of thiazole rings is 1. The van der Waals surface area contributed by atoms with Crippen molar-refractivity contribution in [3.8, 4) is 5.75 Å². The Kier molecular flexibility index (Phi) is 8.34. The number of aromatic nitrogens is 1. The molecular weight excluding hydrogens is 456 g/mol. The third-order valence-electron chi connectivity index (χ3n) is 5.69. The molecule has 0 spiro atoms. The van der Waals surface area contributed by atoms with E-state index < -0.39 is 0 Å². The van der Waals surface area contributed by atoms with E-state index in [0.717, 1.165) is 54.7 Å². The van der Waals surface area contributed by atoms with E-state index in [1.807, 2.05) is 35.7 Å². The summed E-state index contributed by atoms with van der Waals surface area (Å²) in [5, 5.41) is 6.68. The highest BCUT2D eigenvalue weighted by Gasteiger charge is 2.21. The van der Waals surface area contributed by atoms with Crippen molar-refractivity contribution < 1.29 is 9.53 Å². The van der Waals surface area contributed by atoms with Gasteiger partial charge in [0.05, 0.1) is 18.2 Å². The Labute approximate surface area is 204 Å². The fourth-order valence-electron chi connectivity index (χ4n) is 3.79. The molecule has 6 nitrogen and oxygen atoms in total. The summed E-state index contributed by atoms with van der Waals surface area (Å²) in [6.07, 6.45) is 0.253. The van der Waals surface area contributed by atoms with Crippen LogP contribution in [0.15, 0.2) is 60.0 Å². The molecule has 1 atom stereocenters. The van der Waals surface area contributed by atoms with Crippen LogP contribution in [-0.2, 0) is 17.8 Å². The van der Waals surface area contributed by atoms with E-state index in [0.29, 0.717) is 11.6 Å². The molecule has 0 aliphatic carbocycles. The smallest absolute Gasteiger partial charge is 0.226 e. The van der Waals surface area contributed by atoms with Crippen LogP contribution in [0.2, 0.25) is 5.02 Å². The second-order valence-corrected chi connectivity index (χ2v) is 9.67. The molecule has 1 aliphatic rings. The van der Waals surface area contributed by atoms with E-state index in [-0.39, 0.29) is 18.4 Å². The van der Waals surface area contributed by atoms with Crippen LogP contribution in [0.1, 0.15) is 22.3 Å². The van der Waals surface area contributed by atoms with E-state index in [4.69, 9.17) is 16.3 Å². The molecule has 1 aromatic heterocycles. The minimum Gasteiger partial charge on any atom is -0.486 e. The highest BCUT2D eigenvalue weighted by molar-refractivity contribution is 7.09. The third-order valence-corrected chi connectivity index (χ3v) is 6.81. The third kappa shape index (κ3) is 7.27. The Morgan fingerprint density at radius 2 is 1.85 bits per heavy atom. The SMILES string of the molecule is CN1CCN(CC(NC(=O)Cc2csc(COc3ccc(Cl)cc3)n2)c2ccccc2)CC1. The van der Waals surface area contributed by atoms with Crippen molar-refractivity contribution in [3.05, 3.63) is 81.3 Å². The number of hydrogen-bond donors (Lipinski definition) is 1. The van der Waals surface area contributed by atoms with Gasteiger partial charge in [0.25, 0.3) is 0 Å². The summed E-state index contributed by atoms with van der Waals surface area (Å²) in [5.41, 5.74) is 1.89. The Bertz CT molecular complexity index is 1020. The number of carbonyl (C=O) groups is 1. The predicted molar refractivity (Wildman–Crippen MR) is 133 cm³/mol. The van der Waals surface area contributed by atoms with Gasteiger partial charge < -0.3 is 15.0 Å². The zero-order valence-electron chi connectivity index (χ0n) is 18.7. The lowest BCUT2D eigenvalue weighted by atomic mass is 10.1. The van der Waals surface area contributed by atoms with Crippen LogP contribution in [0.25, 0.3) is 0 Å². The van der Waals surface area contributed by atoms with Gasteiger partial charge in [0, 0.05) is 43.1 Å². The summed E-state index contributed by atoms with van der Waals surface area (Å²) in [6, 6.07) is 17.4. The molecule has 174 valence electrons. The zero-order valence-corrected chi connectivity index (χ0v) is 20.3. The lowest BCUT2D eigenvalue weighted by Gasteiger charge is -2.35. The average molecular weight is 485 g/mol. The molecule has 33 heavy (non-hydrogen) atoms. The largest absolute Gasteiger partial charge is 0.486 e. The number of amides is 1. The van der Waals surface area contributed by atoms with E-state index in [1.54, 1.807) is 12.1 Å². The first kappa shape index (κ1) is 23.7. The molecular formula is C25H29ClN4O2S. The standard InChI is InChI=1S/C25H29ClN4O2S/c1-29-11-13-30(14-12-29)16-23(19-5-3-2-4-6-19)28-24(31)15-21-18-33-25(27-21)17-32-22-9-7-20(26)8-10-22/h2-10,18,23H,11-17H2,1H3,(H,28,31). The molecule has 2 heterocycles. The molecule has 8 heteroatoms. The fraction of sp³-hybridized carbons (Fsp3) is 0.360. The van der Waals surface area contributed by atoms with E-state index in [2.05, 4.69) is 39.3 Å². The molecule has 3 aromatic rings. The van der Waals surface area contributed by atoms with Crippen molar-refractivity contribution in [2.75, 3.05) is 39.8 Å². The van der Waals surface area contributed by atoms with Gasteiger partial charge in [-0.1, -0.05) is 41.9 Å². The summed E-state index contributed by atoms with van der Waals surface area (Å²) in [4.78, 5) is 22.2. The Balaban J connectivity index is 1.32. The molecule has 0 saturated carbocycles. The fourth-order valence-corrected chi connectivity index (χ4v) is 4.62. The van der Waals surface area contributed by atoms with Gasteiger partial charge in [0.1, 0.15) is 17.4 Å². The van der Waals surface area contributed by atoms with Crippen LogP contribution in [0.3, 0.4) is 0 Å². The number of piperazine rings is 1. The summed E-state index contributed by atoms with van der Waals surface area (Å²) in [6.45, 7) is 5.30. The van der Waals surface area contributed by atoms with Gasteiger partial charge in [-0.05, 0) is 36.9 Å². The lowest BCUT2D eigenvalue weighted by molar-refractivity contribution is -0.121. The van der Waals surface area contributed by atoms with Crippen molar-refractivity contribution in [1.82, 2.24) is 20.1 Å². The van der Waals surface area contributed by atoms with Gasteiger partial charge in [-0.2, -0.15) is 0 Å². The van der Waals surface area contributed by atoms with E-state index in [9.17, 15) is 4.79 Å². The maximum Gasteiger partial charge on any atom is 0.226 e. The number of nitrogens with zero attached hydrogens (tertiary/aromatic N) is 3. The average Bonchev–Trinajstić information content (AvgIpc) is 3.27. The molecule has 1 N–H and O–H groups in total. The summed E-state index contributed by atoms with van der Waals surface area (Å²) in [7, 11) is 2.15. The quantitative estimate of drug-likeness (QED) is 0.497. The first-order chi connectivity index (χ1) is 16.0. The van der Waals surface area contributed by atoms with Gasteiger partial charge in [0.2, 0.25) is 5.91 Å². The first-order valence-corrected chi connectivity index (χ1v) is 12.4. The molecule has 1 unspecified atom stereocenters. The Hall–Kier alpha value is -2.45. The second-order valence-electron chi connectivity index (χ2n) is 8.29. The number of halogens is 1. The van der Waals surface area contributed by atoms with Crippen molar-refractivity contribution in [2.45, 2.75) is 19.1 Å². The predicted octanol–water partition coefficient (Wildman–Crippen LogP) is 4.02. The molecule has 1 aliphatic heterocycles. The summed E-state index contributed by atoms with van der Waals surface area (Å²) >= 11 is 7.41. The molecule has 1 saturated heterocycles. The molecule has 0 radical (unpaired) electrons. The number of hydrogen-bond acceptors (Lipinski definition) is 6. The summed E-state index contributed by atoms with van der Waals surface area (Å²) < 4.78 is 5.76. The van der Waals surface area contributed by atoms with Crippen LogP contribution >= 0.6 is 22.9 Å². The molecule has 1 amide bonds. The summed E-state index contributed by atoms with van der Waals surface area (Å²) in [5.74, 6) is 0.719. The van der Waals surface area contributed by atoms with Crippen molar-refractivity contribution >= 4 is 28.8 Å². The minimum atomic E-state index is -0.0477. The highest BCUT2D eigenvalue weighted by atomic mass is 35.5. The van der Waals surface area contributed by atoms with Crippen LogP contribution in [0, 0.1) is 0 Å². The van der Waals surface area contributed by atoms with Gasteiger partial charge >= 0.3 is 0 Å². The van der Waals surface area contributed by atoms with Crippen molar-refractivity contribution in [2.24, 2.45) is 0 Å². The highest BCUT2D eigenvalue weighted by Crippen LogP contribution is 2.19. The zero-order chi connectivity index (χ0) is 23.0. The monoisotopic (exact) mass is 484 g/mol. The van der Waals surface area contributed by atoms with Gasteiger partial charge in [-0.15, -0.1) is 11.3 Å².